The molecule has 4 nitrogen and oxygen atoms in total. The van der Waals surface area contributed by atoms with Crippen molar-refractivity contribution in [3.63, 3.8) is 0 Å². The zero-order valence-electron chi connectivity index (χ0n) is 15.2. The van der Waals surface area contributed by atoms with E-state index in [1.807, 2.05) is 54.6 Å². The Labute approximate surface area is 173 Å². The molecule has 1 unspecified atom stereocenters. The maximum Gasteiger partial charge on any atom is 0.242 e. The summed E-state index contributed by atoms with van der Waals surface area (Å²) in [6.07, 6.45) is 0. The highest BCUT2D eigenvalue weighted by Gasteiger charge is 2.22. The van der Waals surface area contributed by atoms with E-state index in [0.29, 0.717) is 10.7 Å². The highest BCUT2D eigenvalue weighted by molar-refractivity contribution is 8.00. The van der Waals surface area contributed by atoms with Crippen molar-refractivity contribution in [1.29, 1.82) is 0 Å². The Morgan fingerprint density at radius 1 is 0.857 bits per heavy atom. The number of rotatable bonds is 6. The van der Waals surface area contributed by atoms with Crippen molar-refractivity contribution in [3.8, 4) is 0 Å². The first kappa shape index (κ1) is 20.0. The summed E-state index contributed by atoms with van der Waals surface area (Å²) in [7, 11) is 0. The number of carbonyl (C=O) groups is 2. The molecular formula is C22H19ClN2O2S. The zero-order valence-corrected chi connectivity index (χ0v) is 16.8. The van der Waals surface area contributed by atoms with Crippen LogP contribution >= 0.6 is 23.4 Å². The van der Waals surface area contributed by atoms with Crippen molar-refractivity contribution < 1.29 is 9.59 Å². The molecule has 3 aromatic rings. The summed E-state index contributed by atoms with van der Waals surface area (Å²) in [6, 6.07) is 24.1. The molecule has 0 heterocycles. The normalized spacial score (nSPS) is 11.5. The van der Waals surface area contributed by atoms with E-state index in [1.165, 1.54) is 18.7 Å². The van der Waals surface area contributed by atoms with Crippen LogP contribution in [0.2, 0.25) is 5.02 Å². The van der Waals surface area contributed by atoms with Crippen LogP contribution < -0.4 is 10.6 Å². The largest absolute Gasteiger partial charge is 0.326 e. The summed E-state index contributed by atoms with van der Waals surface area (Å²) in [5.74, 6) is -0.257. The van der Waals surface area contributed by atoms with Gasteiger partial charge in [0.15, 0.2) is 0 Å². The second-order valence-corrected chi connectivity index (χ2v) is 7.73. The summed E-state index contributed by atoms with van der Waals surface area (Å²) in [6.45, 7) is 1.47. The lowest BCUT2D eigenvalue weighted by atomic mass is 10.1. The van der Waals surface area contributed by atoms with E-state index >= 15 is 0 Å². The van der Waals surface area contributed by atoms with Crippen molar-refractivity contribution in [2.75, 3.05) is 10.6 Å². The second kappa shape index (κ2) is 9.44. The van der Waals surface area contributed by atoms with Crippen LogP contribution in [-0.4, -0.2) is 11.8 Å². The van der Waals surface area contributed by atoms with Crippen LogP contribution in [0, 0.1) is 0 Å². The minimum Gasteiger partial charge on any atom is -0.326 e. The van der Waals surface area contributed by atoms with E-state index in [0.717, 1.165) is 16.1 Å². The molecular weight excluding hydrogens is 392 g/mol. The number of amides is 2. The van der Waals surface area contributed by atoms with Crippen LogP contribution in [0.5, 0.6) is 0 Å². The molecule has 0 bridgehead atoms. The second-order valence-electron chi connectivity index (χ2n) is 6.11. The van der Waals surface area contributed by atoms with Gasteiger partial charge in [0.25, 0.3) is 0 Å². The number of carbonyl (C=O) groups excluding carboxylic acids is 2. The zero-order chi connectivity index (χ0) is 19.9. The van der Waals surface area contributed by atoms with Crippen molar-refractivity contribution in [3.05, 3.63) is 89.4 Å². The smallest absolute Gasteiger partial charge is 0.242 e. The van der Waals surface area contributed by atoms with E-state index < -0.39 is 5.25 Å². The Kier molecular flexibility index (Phi) is 6.74. The van der Waals surface area contributed by atoms with Crippen molar-refractivity contribution in [2.45, 2.75) is 17.1 Å². The molecule has 3 rings (SSSR count). The molecule has 6 heteroatoms. The number of hydrogen-bond acceptors (Lipinski definition) is 3. The fraction of sp³-hybridized carbons (Fsp3) is 0.0909. The van der Waals surface area contributed by atoms with Crippen LogP contribution in [0.3, 0.4) is 0 Å². The minimum absolute atomic E-state index is 0.122. The molecule has 0 aliphatic rings. The summed E-state index contributed by atoms with van der Waals surface area (Å²) in [5, 5.41) is 5.80. The van der Waals surface area contributed by atoms with E-state index in [2.05, 4.69) is 10.6 Å². The molecule has 0 saturated carbocycles. The molecule has 0 aliphatic carbocycles. The van der Waals surface area contributed by atoms with E-state index in [1.54, 1.807) is 24.3 Å². The van der Waals surface area contributed by atoms with Crippen molar-refractivity contribution in [2.24, 2.45) is 0 Å². The van der Waals surface area contributed by atoms with E-state index in [4.69, 9.17) is 11.6 Å². The molecule has 2 amide bonds. The van der Waals surface area contributed by atoms with Gasteiger partial charge >= 0.3 is 0 Å². The first-order valence-electron chi connectivity index (χ1n) is 8.67. The van der Waals surface area contributed by atoms with Gasteiger partial charge in [-0.15, -0.1) is 11.8 Å². The van der Waals surface area contributed by atoms with Crippen LogP contribution in [0.1, 0.15) is 17.7 Å². The third kappa shape index (κ3) is 5.62. The molecule has 0 spiro atoms. The maximum atomic E-state index is 13.0. The van der Waals surface area contributed by atoms with E-state index in [9.17, 15) is 9.59 Å². The standard InChI is InChI=1S/C22H19ClN2O2S/c1-15(26)24-18-10-12-20(13-11-18)28-21(16-6-3-2-4-7-16)22(27)25-19-9-5-8-17(23)14-19/h2-14,21H,1H3,(H,24,26)(H,25,27). The van der Waals surface area contributed by atoms with Crippen LogP contribution in [0.15, 0.2) is 83.8 Å². The first-order valence-corrected chi connectivity index (χ1v) is 9.93. The third-order valence-electron chi connectivity index (χ3n) is 3.86. The topological polar surface area (TPSA) is 58.2 Å². The van der Waals surface area contributed by atoms with Gasteiger partial charge in [-0.3, -0.25) is 9.59 Å². The molecule has 0 aromatic heterocycles. The molecule has 142 valence electrons. The number of benzene rings is 3. The predicted molar refractivity (Wildman–Crippen MR) is 116 cm³/mol. The molecule has 2 N–H and O–H groups in total. The van der Waals surface area contributed by atoms with Crippen molar-refractivity contribution in [1.82, 2.24) is 0 Å². The first-order chi connectivity index (χ1) is 13.5. The fourth-order valence-corrected chi connectivity index (χ4v) is 3.85. The van der Waals surface area contributed by atoms with Crippen LogP contribution in [0.4, 0.5) is 11.4 Å². The Morgan fingerprint density at radius 3 is 2.21 bits per heavy atom. The highest BCUT2D eigenvalue weighted by Crippen LogP contribution is 2.36. The number of thioether (sulfide) groups is 1. The lowest BCUT2D eigenvalue weighted by molar-refractivity contribution is -0.116. The van der Waals surface area contributed by atoms with Gasteiger partial charge in [0.2, 0.25) is 11.8 Å². The lowest BCUT2D eigenvalue weighted by Crippen LogP contribution is -2.19. The number of halogens is 1. The monoisotopic (exact) mass is 410 g/mol. The molecule has 0 saturated heterocycles. The summed E-state index contributed by atoms with van der Waals surface area (Å²) >= 11 is 7.46. The molecule has 0 aliphatic heterocycles. The lowest BCUT2D eigenvalue weighted by Gasteiger charge is -2.17. The SMILES string of the molecule is CC(=O)Nc1ccc(SC(C(=O)Nc2cccc(Cl)c2)c2ccccc2)cc1. The van der Waals surface area contributed by atoms with Gasteiger partial charge in [0.05, 0.1) is 0 Å². The summed E-state index contributed by atoms with van der Waals surface area (Å²) in [4.78, 5) is 25.1. The molecule has 0 radical (unpaired) electrons. The Morgan fingerprint density at radius 2 is 1.57 bits per heavy atom. The Balaban J connectivity index is 1.81. The number of nitrogens with one attached hydrogen (secondary N) is 2. The molecule has 28 heavy (non-hydrogen) atoms. The van der Waals surface area contributed by atoms with Crippen LogP contribution in [0.25, 0.3) is 0 Å². The maximum absolute atomic E-state index is 13.0. The van der Waals surface area contributed by atoms with Gasteiger partial charge in [-0.1, -0.05) is 48.0 Å². The van der Waals surface area contributed by atoms with Gasteiger partial charge in [-0.25, -0.2) is 0 Å². The molecule has 0 fully saturated rings. The highest BCUT2D eigenvalue weighted by atomic mass is 35.5. The van der Waals surface area contributed by atoms with Gasteiger partial charge in [0.1, 0.15) is 5.25 Å². The summed E-state index contributed by atoms with van der Waals surface area (Å²) < 4.78 is 0. The number of anilines is 2. The third-order valence-corrected chi connectivity index (χ3v) is 5.36. The average molecular weight is 411 g/mol. The van der Waals surface area contributed by atoms with Gasteiger partial charge in [0, 0.05) is 28.2 Å². The van der Waals surface area contributed by atoms with E-state index in [-0.39, 0.29) is 11.8 Å². The van der Waals surface area contributed by atoms with Crippen LogP contribution in [-0.2, 0) is 9.59 Å². The molecule has 3 aromatic carbocycles. The van der Waals surface area contributed by atoms with Gasteiger partial charge in [-0.05, 0) is 48.0 Å². The van der Waals surface area contributed by atoms with Gasteiger partial charge < -0.3 is 10.6 Å². The van der Waals surface area contributed by atoms with Gasteiger partial charge in [-0.2, -0.15) is 0 Å². The Hall–Kier alpha value is -2.76. The average Bonchev–Trinajstić information content (AvgIpc) is 2.67. The summed E-state index contributed by atoms with van der Waals surface area (Å²) in [5.41, 5.74) is 2.27. The minimum atomic E-state index is -0.438. The fourth-order valence-electron chi connectivity index (χ4n) is 2.63. The number of hydrogen-bond donors (Lipinski definition) is 2. The Bertz CT molecular complexity index is 962. The predicted octanol–water partition coefficient (Wildman–Crippen LogP) is 5.77. The quantitative estimate of drug-likeness (QED) is 0.507. The van der Waals surface area contributed by atoms with Crippen molar-refractivity contribution >= 4 is 46.6 Å². The molecule has 1 atom stereocenters.